The number of halogens is 1. The van der Waals surface area contributed by atoms with Crippen LogP contribution in [0.1, 0.15) is 11.1 Å². The predicted octanol–water partition coefficient (Wildman–Crippen LogP) is 4.11. The van der Waals surface area contributed by atoms with Gasteiger partial charge >= 0.3 is 0 Å². The second-order valence-corrected chi connectivity index (χ2v) is 4.21. The Labute approximate surface area is 110 Å². The molecule has 18 heavy (non-hydrogen) atoms. The van der Waals surface area contributed by atoms with Gasteiger partial charge in [-0.1, -0.05) is 35.9 Å². The largest absolute Gasteiger partial charge is 0.508 e. The minimum Gasteiger partial charge on any atom is -0.508 e. The Hall–Kier alpha value is -2.24. The zero-order valence-corrected chi connectivity index (χ0v) is 10.2. The molecule has 88 valence electrons. The number of phenolic OH excluding ortho intramolecular Hbond substituents is 1. The molecule has 0 atom stereocenters. The van der Waals surface area contributed by atoms with E-state index in [1.807, 2.05) is 12.1 Å². The Morgan fingerprint density at radius 2 is 1.94 bits per heavy atom. The van der Waals surface area contributed by atoms with Crippen LogP contribution in [-0.4, -0.2) is 5.11 Å². The van der Waals surface area contributed by atoms with Crippen molar-refractivity contribution in [2.24, 2.45) is 0 Å². The lowest BCUT2D eigenvalue weighted by Gasteiger charge is -2.01. The van der Waals surface area contributed by atoms with E-state index >= 15 is 0 Å². The molecule has 2 rings (SSSR count). The number of phenols is 1. The van der Waals surface area contributed by atoms with Crippen molar-refractivity contribution >= 4 is 23.3 Å². The fourth-order valence-corrected chi connectivity index (χ4v) is 1.82. The number of hydrogen-bond donors (Lipinski definition) is 1. The smallest absolute Gasteiger partial charge is 0.116 e. The molecule has 3 heteroatoms. The van der Waals surface area contributed by atoms with Crippen molar-refractivity contribution in [3.8, 4) is 11.8 Å². The minimum absolute atomic E-state index is 0.139. The number of hydrogen-bond acceptors (Lipinski definition) is 2. The third-order valence-electron chi connectivity index (χ3n) is 2.44. The van der Waals surface area contributed by atoms with Crippen LogP contribution in [0.25, 0.3) is 11.6 Å². The maximum Gasteiger partial charge on any atom is 0.116 e. The summed E-state index contributed by atoms with van der Waals surface area (Å²) in [6, 6.07) is 16.0. The van der Waals surface area contributed by atoms with Gasteiger partial charge in [-0.3, -0.25) is 0 Å². The van der Waals surface area contributed by atoms with Gasteiger partial charge in [0, 0.05) is 5.02 Å². The molecule has 0 unspecified atom stereocenters. The van der Waals surface area contributed by atoms with Gasteiger partial charge in [-0.2, -0.15) is 5.26 Å². The molecule has 0 amide bonds. The van der Waals surface area contributed by atoms with Crippen LogP contribution in [-0.2, 0) is 0 Å². The van der Waals surface area contributed by atoms with E-state index in [9.17, 15) is 5.11 Å². The Balaban J connectivity index is 2.44. The topological polar surface area (TPSA) is 44.0 Å². The molecule has 0 radical (unpaired) electrons. The molecule has 0 aliphatic rings. The van der Waals surface area contributed by atoms with Crippen LogP contribution in [0.15, 0.2) is 48.5 Å². The second kappa shape index (κ2) is 5.39. The van der Waals surface area contributed by atoms with Crippen LogP contribution in [0, 0.1) is 11.3 Å². The first-order valence-corrected chi connectivity index (χ1v) is 5.73. The molecular formula is C15H10ClNO. The maximum absolute atomic E-state index is 9.41. The maximum atomic E-state index is 9.41. The van der Waals surface area contributed by atoms with E-state index in [4.69, 9.17) is 16.9 Å². The molecule has 0 aliphatic heterocycles. The van der Waals surface area contributed by atoms with Gasteiger partial charge in [0.15, 0.2) is 0 Å². The van der Waals surface area contributed by atoms with Crippen molar-refractivity contribution in [3.05, 3.63) is 64.7 Å². The molecule has 0 heterocycles. The second-order valence-electron chi connectivity index (χ2n) is 3.78. The molecule has 0 saturated carbocycles. The zero-order chi connectivity index (χ0) is 13.0. The van der Waals surface area contributed by atoms with Crippen molar-refractivity contribution in [1.29, 1.82) is 5.26 Å². The highest BCUT2D eigenvalue weighted by molar-refractivity contribution is 6.30. The van der Waals surface area contributed by atoms with Gasteiger partial charge in [0.2, 0.25) is 0 Å². The normalized spacial score (nSPS) is 11.0. The quantitative estimate of drug-likeness (QED) is 0.648. The number of nitrogens with zero attached hydrogens (tertiary/aromatic N) is 1. The van der Waals surface area contributed by atoms with Crippen LogP contribution in [0.2, 0.25) is 5.02 Å². The summed E-state index contributed by atoms with van der Waals surface area (Å²) in [5.74, 6) is 0.139. The van der Waals surface area contributed by atoms with E-state index < -0.39 is 0 Å². The average Bonchev–Trinajstić information content (AvgIpc) is 2.36. The third-order valence-corrected chi connectivity index (χ3v) is 2.67. The number of benzene rings is 2. The van der Waals surface area contributed by atoms with E-state index in [0.717, 1.165) is 5.56 Å². The summed E-state index contributed by atoms with van der Waals surface area (Å²) in [5.41, 5.74) is 2.01. The summed E-state index contributed by atoms with van der Waals surface area (Å²) in [6.07, 6.45) is 1.74. The summed E-state index contributed by atoms with van der Waals surface area (Å²) in [5, 5.41) is 19.2. The summed E-state index contributed by atoms with van der Waals surface area (Å²) < 4.78 is 0. The van der Waals surface area contributed by atoms with Gasteiger partial charge < -0.3 is 5.11 Å². The van der Waals surface area contributed by atoms with Crippen molar-refractivity contribution < 1.29 is 5.11 Å². The molecule has 1 N–H and O–H groups in total. The van der Waals surface area contributed by atoms with Crippen LogP contribution in [0.3, 0.4) is 0 Å². The monoisotopic (exact) mass is 255 g/mol. The summed E-state index contributed by atoms with van der Waals surface area (Å²) in [4.78, 5) is 0. The molecule has 0 fully saturated rings. The molecule has 0 bridgehead atoms. The first-order valence-electron chi connectivity index (χ1n) is 5.36. The van der Waals surface area contributed by atoms with E-state index in [2.05, 4.69) is 6.07 Å². The Morgan fingerprint density at radius 3 is 2.61 bits per heavy atom. The highest BCUT2D eigenvalue weighted by atomic mass is 35.5. The van der Waals surface area contributed by atoms with Gasteiger partial charge in [-0.15, -0.1) is 0 Å². The fraction of sp³-hybridized carbons (Fsp3) is 0. The highest BCUT2D eigenvalue weighted by Gasteiger charge is 2.02. The van der Waals surface area contributed by atoms with E-state index in [0.29, 0.717) is 16.2 Å². The fourth-order valence-electron chi connectivity index (χ4n) is 1.62. The van der Waals surface area contributed by atoms with Gasteiger partial charge in [-0.25, -0.2) is 0 Å². The van der Waals surface area contributed by atoms with Crippen molar-refractivity contribution in [1.82, 2.24) is 0 Å². The Bertz CT molecular complexity index is 641. The number of rotatable bonds is 2. The molecule has 2 aromatic carbocycles. The standard InChI is InChI=1S/C15H10ClNO/c16-14-5-1-3-11(8-14)7-13(10-17)12-4-2-6-15(18)9-12/h1-9,18H. The first-order chi connectivity index (χ1) is 8.69. The first kappa shape index (κ1) is 12.2. The Kier molecular flexibility index (Phi) is 3.66. The van der Waals surface area contributed by atoms with Gasteiger partial charge in [0.1, 0.15) is 5.75 Å². The number of allylic oxidation sites excluding steroid dienone is 1. The van der Waals surface area contributed by atoms with Gasteiger partial charge in [0.25, 0.3) is 0 Å². The summed E-state index contributed by atoms with van der Waals surface area (Å²) in [7, 11) is 0. The van der Waals surface area contributed by atoms with Crippen LogP contribution < -0.4 is 0 Å². The Morgan fingerprint density at radius 1 is 1.17 bits per heavy atom. The molecule has 2 nitrogen and oxygen atoms in total. The molecule has 0 saturated heterocycles. The van der Waals surface area contributed by atoms with Crippen molar-refractivity contribution in [2.75, 3.05) is 0 Å². The van der Waals surface area contributed by atoms with E-state index in [-0.39, 0.29) is 5.75 Å². The number of nitriles is 1. The lowest BCUT2D eigenvalue weighted by atomic mass is 10.0. The lowest BCUT2D eigenvalue weighted by Crippen LogP contribution is -1.82. The van der Waals surface area contributed by atoms with E-state index in [1.54, 1.807) is 42.5 Å². The molecule has 2 aromatic rings. The SMILES string of the molecule is N#CC(=Cc1cccc(Cl)c1)c1cccc(O)c1. The molecule has 0 aliphatic carbocycles. The molecule has 0 aromatic heterocycles. The summed E-state index contributed by atoms with van der Waals surface area (Å²) >= 11 is 5.89. The average molecular weight is 256 g/mol. The zero-order valence-electron chi connectivity index (χ0n) is 9.47. The molecular weight excluding hydrogens is 246 g/mol. The molecule has 0 spiro atoms. The van der Waals surface area contributed by atoms with Crippen LogP contribution >= 0.6 is 11.6 Å². The third kappa shape index (κ3) is 2.91. The number of aromatic hydroxyl groups is 1. The summed E-state index contributed by atoms with van der Waals surface area (Å²) in [6.45, 7) is 0. The lowest BCUT2D eigenvalue weighted by molar-refractivity contribution is 0.475. The van der Waals surface area contributed by atoms with Gasteiger partial charge in [0.05, 0.1) is 11.6 Å². The van der Waals surface area contributed by atoms with Crippen molar-refractivity contribution in [2.45, 2.75) is 0 Å². The van der Waals surface area contributed by atoms with Gasteiger partial charge in [-0.05, 0) is 41.5 Å². The van der Waals surface area contributed by atoms with Crippen LogP contribution in [0.4, 0.5) is 0 Å². The minimum atomic E-state index is 0.139. The highest BCUT2D eigenvalue weighted by Crippen LogP contribution is 2.22. The van der Waals surface area contributed by atoms with Crippen LogP contribution in [0.5, 0.6) is 5.75 Å². The predicted molar refractivity (Wildman–Crippen MR) is 73.0 cm³/mol. The van der Waals surface area contributed by atoms with E-state index in [1.165, 1.54) is 0 Å². The van der Waals surface area contributed by atoms with Crippen molar-refractivity contribution in [3.63, 3.8) is 0 Å².